The van der Waals surface area contributed by atoms with Crippen LogP contribution in [0.1, 0.15) is 21.6 Å². The molecule has 1 aromatic carbocycles. The molecule has 2 aromatic heterocycles. The number of carbonyl (C=O) groups excluding carboxylic acids is 1. The van der Waals surface area contributed by atoms with Gasteiger partial charge in [-0.1, -0.05) is 18.2 Å². The van der Waals surface area contributed by atoms with Gasteiger partial charge in [0.05, 0.1) is 0 Å². The third-order valence-corrected chi connectivity index (χ3v) is 3.97. The second-order valence-corrected chi connectivity index (χ2v) is 5.79. The maximum absolute atomic E-state index is 12.6. The maximum Gasteiger partial charge on any atom is 0.431 e. The van der Waals surface area contributed by atoms with Crippen molar-refractivity contribution in [2.75, 3.05) is 7.05 Å². The van der Waals surface area contributed by atoms with Crippen LogP contribution in [0.4, 0.5) is 13.2 Å². The van der Waals surface area contributed by atoms with Crippen LogP contribution in [0.5, 0.6) is 0 Å². The summed E-state index contributed by atoms with van der Waals surface area (Å²) in [5.41, 5.74) is -1.77. The molecule has 26 heavy (non-hydrogen) atoms. The van der Waals surface area contributed by atoms with Crippen molar-refractivity contribution in [1.82, 2.24) is 14.9 Å². The van der Waals surface area contributed by atoms with E-state index in [1.54, 1.807) is 17.4 Å². The van der Waals surface area contributed by atoms with Gasteiger partial charge in [0.2, 0.25) is 0 Å². The van der Waals surface area contributed by atoms with Gasteiger partial charge in [0.25, 0.3) is 11.5 Å². The normalized spacial score (nSPS) is 11.5. The van der Waals surface area contributed by atoms with Crippen LogP contribution in [0.15, 0.2) is 53.6 Å². The average molecular weight is 361 g/mol. The Balaban J connectivity index is 1.87. The van der Waals surface area contributed by atoms with Gasteiger partial charge < -0.3 is 9.88 Å². The second-order valence-electron chi connectivity index (χ2n) is 5.79. The van der Waals surface area contributed by atoms with Crippen LogP contribution in [0.25, 0.3) is 10.8 Å². The minimum atomic E-state index is -4.68. The number of aromatic amines is 1. The van der Waals surface area contributed by atoms with E-state index in [0.29, 0.717) is 6.07 Å². The molecule has 134 valence electrons. The second kappa shape index (κ2) is 6.62. The van der Waals surface area contributed by atoms with Crippen molar-refractivity contribution in [1.29, 1.82) is 0 Å². The summed E-state index contributed by atoms with van der Waals surface area (Å²) in [6, 6.07) is 8.94. The zero-order chi connectivity index (χ0) is 18.9. The number of halogens is 3. The number of hydrogen-bond acceptors (Lipinski definition) is 3. The molecule has 0 spiro atoms. The van der Waals surface area contributed by atoms with Gasteiger partial charge in [-0.3, -0.25) is 14.6 Å². The lowest BCUT2D eigenvalue weighted by atomic mass is 10.1. The molecule has 0 fully saturated rings. The predicted octanol–water partition coefficient (Wildman–Crippen LogP) is 3.21. The fraction of sp³-hybridized carbons (Fsp3) is 0.167. The summed E-state index contributed by atoms with van der Waals surface area (Å²) >= 11 is 0. The monoisotopic (exact) mass is 361 g/mol. The first-order valence-corrected chi connectivity index (χ1v) is 7.65. The van der Waals surface area contributed by atoms with Crippen molar-refractivity contribution in [3.8, 4) is 0 Å². The number of amides is 1. The quantitative estimate of drug-likeness (QED) is 0.779. The lowest BCUT2D eigenvalue weighted by Crippen LogP contribution is -2.32. The van der Waals surface area contributed by atoms with Crippen molar-refractivity contribution in [2.45, 2.75) is 12.7 Å². The molecule has 0 radical (unpaired) electrons. The Morgan fingerprint density at radius 3 is 2.65 bits per heavy atom. The Labute approximate surface area is 146 Å². The highest BCUT2D eigenvalue weighted by atomic mass is 19.4. The molecular formula is C18H14F3N3O2. The van der Waals surface area contributed by atoms with Gasteiger partial charge in [0.15, 0.2) is 0 Å². The molecule has 0 saturated carbocycles. The van der Waals surface area contributed by atoms with E-state index in [-0.39, 0.29) is 12.1 Å². The minimum absolute atomic E-state index is 0.195. The third kappa shape index (κ3) is 3.44. The average Bonchev–Trinajstić information content (AvgIpc) is 2.60. The Hall–Kier alpha value is -3.16. The standard InChI is InChI=1S/C18H14F3N3O2/c1-24(10-12-4-2-3-11-9-22-8-7-13(11)12)17(26)14-5-6-15(18(19,20)21)23-16(14)25/h2-9H,10H2,1H3,(H,23,25). The lowest BCUT2D eigenvalue weighted by molar-refractivity contribution is -0.141. The molecular weight excluding hydrogens is 347 g/mol. The van der Waals surface area contributed by atoms with Gasteiger partial charge in [0.1, 0.15) is 11.3 Å². The number of aromatic nitrogens is 2. The zero-order valence-electron chi connectivity index (χ0n) is 13.7. The van der Waals surface area contributed by atoms with E-state index in [2.05, 4.69) is 4.98 Å². The van der Waals surface area contributed by atoms with E-state index in [1.807, 2.05) is 24.3 Å². The zero-order valence-corrected chi connectivity index (χ0v) is 13.7. The van der Waals surface area contributed by atoms with E-state index < -0.39 is 23.3 Å². The Bertz CT molecular complexity index is 1020. The van der Waals surface area contributed by atoms with E-state index in [1.165, 1.54) is 11.9 Å². The van der Waals surface area contributed by atoms with E-state index in [4.69, 9.17) is 0 Å². The Morgan fingerprint density at radius 2 is 1.96 bits per heavy atom. The van der Waals surface area contributed by atoms with Gasteiger partial charge in [0, 0.05) is 31.4 Å². The number of hydrogen-bond donors (Lipinski definition) is 1. The minimum Gasteiger partial charge on any atom is -0.337 e. The predicted molar refractivity (Wildman–Crippen MR) is 89.6 cm³/mol. The van der Waals surface area contributed by atoms with Gasteiger partial charge in [-0.25, -0.2) is 0 Å². The van der Waals surface area contributed by atoms with Crippen LogP contribution in [-0.2, 0) is 12.7 Å². The molecule has 0 aliphatic rings. The SMILES string of the molecule is CN(Cc1cccc2cnccc12)C(=O)c1ccc(C(F)(F)F)[nH]c1=O. The number of fused-ring (bicyclic) bond motifs is 1. The van der Waals surface area contributed by atoms with Gasteiger partial charge >= 0.3 is 6.18 Å². The molecule has 0 unspecified atom stereocenters. The fourth-order valence-electron chi connectivity index (χ4n) is 2.67. The van der Waals surface area contributed by atoms with Crippen molar-refractivity contribution < 1.29 is 18.0 Å². The smallest absolute Gasteiger partial charge is 0.337 e. The topological polar surface area (TPSA) is 66.1 Å². The highest BCUT2D eigenvalue weighted by molar-refractivity contribution is 5.94. The van der Waals surface area contributed by atoms with Crippen molar-refractivity contribution in [3.05, 3.63) is 76.0 Å². The van der Waals surface area contributed by atoms with Crippen LogP contribution >= 0.6 is 0 Å². The number of rotatable bonds is 3. The Kier molecular flexibility index (Phi) is 4.50. The van der Waals surface area contributed by atoms with Crippen molar-refractivity contribution >= 4 is 16.7 Å². The van der Waals surface area contributed by atoms with Crippen LogP contribution in [0, 0.1) is 0 Å². The first kappa shape index (κ1) is 17.7. The summed E-state index contributed by atoms with van der Waals surface area (Å²) in [5.74, 6) is -0.661. The maximum atomic E-state index is 12.6. The Morgan fingerprint density at radius 1 is 1.19 bits per heavy atom. The largest absolute Gasteiger partial charge is 0.431 e. The number of nitrogens with zero attached hydrogens (tertiary/aromatic N) is 2. The molecule has 1 amide bonds. The van der Waals surface area contributed by atoms with Gasteiger partial charge in [-0.2, -0.15) is 13.2 Å². The lowest BCUT2D eigenvalue weighted by Gasteiger charge is -2.18. The van der Waals surface area contributed by atoms with Gasteiger partial charge in [-0.15, -0.1) is 0 Å². The molecule has 0 aliphatic heterocycles. The number of pyridine rings is 2. The van der Waals surface area contributed by atoms with E-state index in [0.717, 1.165) is 22.4 Å². The molecule has 3 rings (SSSR count). The molecule has 2 heterocycles. The summed E-state index contributed by atoms with van der Waals surface area (Å²) in [7, 11) is 1.49. The van der Waals surface area contributed by atoms with Crippen LogP contribution < -0.4 is 5.56 Å². The fourth-order valence-corrected chi connectivity index (χ4v) is 2.67. The van der Waals surface area contributed by atoms with E-state index in [9.17, 15) is 22.8 Å². The number of H-pyrrole nitrogens is 1. The highest BCUT2D eigenvalue weighted by Gasteiger charge is 2.32. The first-order chi connectivity index (χ1) is 12.3. The van der Waals surface area contributed by atoms with E-state index >= 15 is 0 Å². The van der Waals surface area contributed by atoms with Crippen LogP contribution in [0.3, 0.4) is 0 Å². The molecule has 0 bridgehead atoms. The summed E-state index contributed by atoms with van der Waals surface area (Å²) in [6.45, 7) is 0.195. The summed E-state index contributed by atoms with van der Waals surface area (Å²) in [4.78, 5) is 31.4. The number of alkyl halides is 3. The third-order valence-electron chi connectivity index (χ3n) is 3.97. The first-order valence-electron chi connectivity index (χ1n) is 7.65. The molecule has 8 heteroatoms. The molecule has 1 N–H and O–H groups in total. The van der Waals surface area contributed by atoms with Gasteiger partial charge in [-0.05, 0) is 29.1 Å². The van der Waals surface area contributed by atoms with Crippen LogP contribution in [-0.4, -0.2) is 27.8 Å². The van der Waals surface area contributed by atoms with Crippen molar-refractivity contribution in [2.24, 2.45) is 0 Å². The number of nitrogens with one attached hydrogen (secondary N) is 1. The number of carbonyl (C=O) groups is 1. The molecule has 0 saturated heterocycles. The summed E-state index contributed by atoms with van der Waals surface area (Å²) in [5, 5.41) is 1.81. The van der Waals surface area contributed by atoms with Crippen molar-refractivity contribution in [3.63, 3.8) is 0 Å². The molecule has 3 aromatic rings. The molecule has 0 aliphatic carbocycles. The molecule has 5 nitrogen and oxygen atoms in total. The highest BCUT2D eigenvalue weighted by Crippen LogP contribution is 2.26. The molecule has 0 atom stereocenters. The summed E-state index contributed by atoms with van der Waals surface area (Å²) in [6.07, 6.45) is -1.35. The number of benzene rings is 1. The van der Waals surface area contributed by atoms with Crippen LogP contribution in [0.2, 0.25) is 0 Å². The summed E-state index contributed by atoms with van der Waals surface area (Å²) < 4.78 is 37.9.